The van der Waals surface area contributed by atoms with Gasteiger partial charge in [0.1, 0.15) is 0 Å². The molecule has 84 valence electrons. The number of hydrogen-bond acceptors (Lipinski definition) is 2. The molecule has 0 radical (unpaired) electrons. The van der Waals surface area contributed by atoms with Crippen LogP contribution in [0.1, 0.15) is 12.5 Å². The zero-order valence-corrected chi connectivity index (χ0v) is 10.7. The second kappa shape index (κ2) is 5.07. The molecule has 1 aromatic carbocycles. The van der Waals surface area contributed by atoms with Crippen molar-refractivity contribution in [1.82, 2.24) is 4.72 Å². The Bertz CT molecular complexity index is 416. The third kappa shape index (κ3) is 5.27. The first-order chi connectivity index (χ1) is 6.87. The number of halogens is 1. The molecule has 0 aliphatic carbocycles. The lowest BCUT2D eigenvalue weighted by Crippen LogP contribution is -2.38. The predicted octanol–water partition coefficient (Wildman–Crippen LogP) is 1.17. The van der Waals surface area contributed by atoms with Crippen LogP contribution in [0.5, 0.6) is 0 Å². The third-order valence-electron chi connectivity index (χ3n) is 1.82. The fourth-order valence-electron chi connectivity index (χ4n) is 1.30. The predicted molar refractivity (Wildman–Crippen MR) is 63.6 cm³/mol. The number of hydrogen-bond donors (Lipinski definition) is 2. The number of nitrogens with one attached hydrogen (secondary N) is 1. The summed E-state index contributed by atoms with van der Waals surface area (Å²) in [6, 6.07) is 7.50. The van der Waals surface area contributed by atoms with Gasteiger partial charge < -0.3 is 0 Å². The van der Waals surface area contributed by atoms with E-state index in [0.717, 1.165) is 10.0 Å². The van der Waals surface area contributed by atoms with Gasteiger partial charge in [-0.2, -0.15) is 13.1 Å². The number of rotatable bonds is 4. The molecule has 0 aliphatic heterocycles. The van der Waals surface area contributed by atoms with Gasteiger partial charge in [-0.05, 0) is 31.0 Å². The highest BCUT2D eigenvalue weighted by molar-refractivity contribution is 9.10. The van der Waals surface area contributed by atoms with Crippen molar-refractivity contribution in [3.8, 4) is 0 Å². The molecule has 0 saturated heterocycles. The van der Waals surface area contributed by atoms with Gasteiger partial charge in [-0.15, -0.1) is 0 Å². The molecule has 1 aromatic rings. The number of benzene rings is 1. The zero-order chi connectivity index (χ0) is 11.5. The molecule has 0 aromatic heterocycles. The Morgan fingerprint density at radius 3 is 2.40 bits per heavy atom. The Morgan fingerprint density at radius 2 is 1.93 bits per heavy atom. The van der Waals surface area contributed by atoms with Crippen LogP contribution in [0.2, 0.25) is 0 Å². The fraction of sp³-hybridized carbons (Fsp3) is 0.333. The monoisotopic (exact) mass is 292 g/mol. The molecule has 0 fully saturated rings. The van der Waals surface area contributed by atoms with E-state index in [9.17, 15) is 8.42 Å². The van der Waals surface area contributed by atoms with Gasteiger partial charge in [0.15, 0.2) is 0 Å². The molecule has 0 aliphatic rings. The van der Waals surface area contributed by atoms with Crippen molar-refractivity contribution in [3.63, 3.8) is 0 Å². The van der Waals surface area contributed by atoms with Crippen LogP contribution in [0.4, 0.5) is 0 Å². The summed E-state index contributed by atoms with van der Waals surface area (Å²) in [6.45, 7) is 1.77. The van der Waals surface area contributed by atoms with E-state index in [1.165, 1.54) is 0 Å². The summed E-state index contributed by atoms with van der Waals surface area (Å²) >= 11 is 3.33. The van der Waals surface area contributed by atoms with Gasteiger partial charge in [-0.3, -0.25) is 0 Å². The minimum atomic E-state index is -3.61. The van der Waals surface area contributed by atoms with Crippen molar-refractivity contribution >= 4 is 26.1 Å². The van der Waals surface area contributed by atoms with Crippen molar-refractivity contribution < 1.29 is 8.42 Å². The van der Waals surface area contributed by atoms with Gasteiger partial charge in [0.05, 0.1) is 0 Å². The quantitative estimate of drug-likeness (QED) is 0.874. The Labute approximate surface area is 98.2 Å². The van der Waals surface area contributed by atoms with E-state index in [1.54, 1.807) is 6.92 Å². The first kappa shape index (κ1) is 12.6. The van der Waals surface area contributed by atoms with E-state index in [2.05, 4.69) is 20.7 Å². The lowest BCUT2D eigenvalue weighted by atomic mass is 10.1. The first-order valence-electron chi connectivity index (χ1n) is 4.41. The van der Waals surface area contributed by atoms with E-state index in [4.69, 9.17) is 5.14 Å². The molecule has 0 amide bonds. The van der Waals surface area contributed by atoms with Crippen LogP contribution in [-0.4, -0.2) is 14.5 Å². The van der Waals surface area contributed by atoms with E-state index in [0.29, 0.717) is 6.42 Å². The molecule has 1 atom stereocenters. The Kier molecular flexibility index (Phi) is 4.27. The summed E-state index contributed by atoms with van der Waals surface area (Å²) in [6.07, 6.45) is 0.615. The van der Waals surface area contributed by atoms with Crippen molar-refractivity contribution in [2.24, 2.45) is 5.14 Å². The molecule has 1 unspecified atom stereocenters. The summed E-state index contributed by atoms with van der Waals surface area (Å²) < 4.78 is 24.8. The molecule has 6 heteroatoms. The molecule has 1 rings (SSSR count). The van der Waals surface area contributed by atoms with Crippen molar-refractivity contribution in [2.75, 3.05) is 0 Å². The standard InChI is InChI=1S/C9H13BrN2O2S/c1-7(12-15(11,13)14)6-8-2-4-9(10)5-3-8/h2-5,7,12H,6H2,1H3,(H2,11,13,14). The van der Waals surface area contributed by atoms with E-state index >= 15 is 0 Å². The largest absolute Gasteiger partial charge is 0.274 e. The lowest BCUT2D eigenvalue weighted by Gasteiger charge is -2.11. The van der Waals surface area contributed by atoms with E-state index in [-0.39, 0.29) is 6.04 Å². The number of nitrogens with two attached hydrogens (primary N) is 1. The lowest BCUT2D eigenvalue weighted by molar-refractivity contribution is 0.561. The van der Waals surface area contributed by atoms with Gasteiger partial charge in [-0.25, -0.2) is 5.14 Å². The Morgan fingerprint density at radius 1 is 1.40 bits per heavy atom. The summed E-state index contributed by atoms with van der Waals surface area (Å²) in [7, 11) is -3.61. The molecule has 15 heavy (non-hydrogen) atoms. The average Bonchev–Trinajstić information content (AvgIpc) is 2.05. The summed E-state index contributed by atoms with van der Waals surface area (Å²) in [5.74, 6) is 0. The van der Waals surface area contributed by atoms with Crippen molar-refractivity contribution in [1.29, 1.82) is 0 Å². The van der Waals surface area contributed by atoms with Crippen LogP contribution in [0.3, 0.4) is 0 Å². The molecule has 4 nitrogen and oxygen atoms in total. The topological polar surface area (TPSA) is 72.2 Å². The fourth-order valence-corrected chi connectivity index (χ4v) is 2.20. The highest BCUT2D eigenvalue weighted by atomic mass is 79.9. The maximum Gasteiger partial charge on any atom is 0.274 e. The Balaban J connectivity index is 2.59. The zero-order valence-electron chi connectivity index (χ0n) is 8.27. The first-order valence-corrected chi connectivity index (χ1v) is 6.75. The summed E-state index contributed by atoms with van der Waals surface area (Å²) in [4.78, 5) is 0. The highest BCUT2D eigenvalue weighted by Gasteiger charge is 2.09. The maximum absolute atomic E-state index is 10.7. The van der Waals surface area contributed by atoms with Crippen LogP contribution in [0, 0.1) is 0 Å². The van der Waals surface area contributed by atoms with Crippen LogP contribution in [-0.2, 0) is 16.6 Å². The van der Waals surface area contributed by atoms with Crippen molar-refractivity contribution in [2.45, 2.75) is 19.4 Å². The third-order valence-corrected chi connectivity index (χ3v) is 3.08. The summed E-state index contributed by atoms with van der Waals surface area (Å²) in [5, 5.41) is 4.87. The van der Waals surface area contributed by atoms with Gasteiger partial charge in [-0.1, -0.05) is 28.1 Å². The van der Waals surface area contributed by atoms with Crippen LogP contribution < -0.4 is 9.86 Å². The van der Waals surface area contributed by atoms with Gasteiger partial charge >= 0.3 is 0 Å². The molecule has 3 N–H and O–H groups in total. The minimum absolute atomic E-state index is 0.207. The Hall–Kier alpha value is -0.430. The highest BCUT2D eigenvalue weighted by Crippen LogP contribution is 2.11. The van der Waals surface area contributed by atoms with E-state index in [1.807, 2.05) is 24.3 Å². The van der Waals surface area contributed by atoms with Crippen LogP contribution in [0.25, 0.3) is 0 Å². The molecule has 0 spiro atoms. The maximum atomic E-state index is 10.7. The van der Waals surface area contributed by atoms with Crippen LogP contribution in [0.15, 0.2) is 28.7 Å². The smallest absolute Gasteiger partial charge is 0.216 e. The molecular weight excluding hydrogens is 280 g/mol. The SMILES string of the molecule is CC(Cc1ccc(Br)cc1)NS(N)(=O)=O. The molecule has 0 bridgehead atoms. The van der Waals surface area contributed by atoms with E-state index < -0.39 is 10.2 Å². The average molecular weight is 293 g/mol. The minimum Gasteiger partial charge on any atom is -0.216 e. The second-order valence-corrected chi connectivity index (χ2v) is 5.64. The van der Waals surface area contributed by atoms with Crippen LogP contribution >= 0.6 is 15.9 Å². The normalized spacial score (nSPS) is 13.8. The van der Waals surface area contributed by atoms with Crippen molar-refractivity contribution in [3.05, 3.63) is 34.3 Å². The van der Waals surface area contributed by atoms with Gasteiger partial charge in [0, 0.05) is 10.5 Å². The molecule has 0 saturated carbocycles. The van der Waals surface area contributed by atoms with Gasteiger partial charge in [0.2, 0.25) is 0 Å². The van der Waals surface area contributed by atoms with Gasteiger partial charge in [0.25, 0.3) is 10.2 Å². The molecule has 0 heterocycles. The molecular formula is C9H13BrN2O2S. The second-order valence-electron chi connectivity index (χ2n) is 3.39. The summed E-state index contributed by atoms with van der Waals surface area (Å²) in [5.41, 5.74) is 1.06.